The molecule has 3 aromatic carbocycles. The first-order valence-corrected chi connectivity index (χ1v) is 11.1. The van der Waals surface area contributed by atoms with Gasteiger partial charge in [-0.3, -0.25) is 4.79 Å². The van der Waals surface area contributed by atoms with Crippen molar-refractivity contribution >= 4 is 22.7 Å². The molecule has 5 nitrogen and oxygen atoms in total. The van der Waals surface area contributed by atoms with Crippen molar-refractivity contribution < 1.29 is 13.9 Å². The molecule has 1 aromatic heterocycles. The molecule has 32 heavy (non-hydrogen) atoms. The van der Waals surface area contributed by atoms with Crippen molar-refractivity contribution in [1.29, 1.82) is 0 Å². The summed E-state index contributed by atoms with van der Waals surface area (Å²) in [5.41, 5.74) is 5.68. The molecule has 0 fully saturated rings. The third-order valence-corrected chi connectivity index (χ3v) is 5.71. The number of nitrogens with one attached hydrogen (secondary N) is 1. The highest BCUT2D eigenvalue weighted by molar-refractivity contribution is 5.92. The van der Waals surface area contributed by atoms with Crippen molar-refractivity contribution in [3.63, 3.8) is 0 Å². The van der Waals surface area contributed by atoms with Crippen LogP contribution in [0.1, 0.15) is 44.2 Å². The number of aromatic nitrogens is 1. The van der Waals surface area contributed by atoms with Gasteiger partial charge in [-0.2, -0.15) is 0 Å². The molecule has 0 radical (unpaired) electrons. The fourth-order valence-corrected chi connectivity index (χ4v) is 3.47. The molecule has 5 heteroatoms. The zero-order valence-electron chi connectivity index (χ0n) is 18.7. The van der Waals surface area contributed by atoms with E-state index < -0.39 is 0 Å². The lowest BCUT2D eigenvalue weighted by Gasteiger charge is -2.08. The summed E-state index contributed by atoms with van der Waals surface area (Å²) >= 11 is 0. The Kier molecular flexibility index (Phi) is 6.55. The summed E-state index contributed by atoms with van der Waals surface area (Å²) in [4.78, 5) is 16.9. The van der Waals surface area contributed by atoms with E-state index in [2.05, 4.69) is 43.2 Å². The number of anilines is 1. The highest BCUT2D eigenvalue weighted by atomic mass is 16.5. The topological polar surface area (TPSA) is 64.4 Å². The first-order chi connectivity index (χ1) is 15.6. The van der Waals surface area contributed by atoms with Crippen molar-refractivity contribution in [2.45, 2.75) is 39.5 Å². The van der Waals surface area contributed by atoms with Crippen molar-refractivity contribution in [3.8, 4) is 17.2 Å². The van der Waals surface area contributed by atoms with Crippen LogP contribution in [0.4, 0.5) is 5.69 Å². The van der Waals surface area contributed by atoms with Crippen molar-refractivity contribution in [3.05, 3.63) is 77.9 Å². The van der Waals surface area contributed by atoms with Crippen LogP contribution in [0.25, 0.3) is 22.6 Å². The molecule has 0 aliphatic heterocycles. The van der Waals surface area contributed by atoms with Crippen LogP contribution in [-0.2, 0) is 11.2 Å². The Morgan fingerprint density at radius 2 is 1.78 bits per heavy atom. The molecule has 4 rings (SSSR count). The van der Waals surface area contributed by atoms with E-state index in [9.17, 15) is 4.79 Å². The molecule has 164 valence electrons. The van der Waals surface area contributed by atoms with Crippen LogP contribution in [0.15, 0.2) is 71.1 Å². The van der Waals surface area contributed by atoms with Gasteiger partial charge in [-0.05, 0) is 78.4 Å². The second-order valence-electron chi connectivity index (χ2n) is 7.97. The minimum absolute atomic E-state index is 0.0448. The molecule has 0 unspecified atom stereocenters. The van der Waals surface area contributed by atoms with Gasteiger partial charge in [0, 0.05) is 11.3 Å². The van der Waals surface area contributed by atoms with Crippen LogP contribution in [0.2, 0.25) is 0 Å². The highest BCUT2D eigenvalue weighted by Gasteiger charge is 2.11. The number of aryl methyl sites for hydroxylation is 1. The maximum absolute atomic E-state index is 12.2. The maximum Gasteiger partial charge on any atom is 0.262 e. The number of hydrogen-bond acceptors (Lipinski definition) is 4. The number of benzene rings is 3. The SMILES string of the molecule is CCc1ccc(OCC(=O)Nc2ccc(-c3nc4cc([C@@H](C)CC)ccc4o3)cc2)cc1. The monoisotopic (exact) mass is 428 g/mol. The molecule has 0 bridgehead atoms. The Hall–Kier alpha value is -3.60. The second kappa shape index (κ2) is 9.69. The molecule has 4 aromatic rings. The third kappa shape index (κ3) is 4.99. The van der Waals surface area contributed by atoms with Gasteiger partial charge in [-0.25, -0.2) is 4.98 Å². The third-order valence-electron chi connectivity index (χ3n) is 5.71. The predicted molar refractivity (Wildman–Crippen MR) is 128 cm³/mol. The average Bonchev–Trinajstić information content (AvgIpc) is 3.26. The van der Waals surface area contributed by atoms with Crippen molar-refractivity contribution in [2.24, 2.45) is 0 Å². The molecule has 1 heterocycles. The lowest BCUT2D eigenvalue weighted by Crippen LogP contribution is -2.20. The first kappa shape index (κ1) is 21.6. The van der Waals surface area contributed by atoms with Gasteiger partial charge in [-0.15, -0.1) is 0 Å². The molecule has 0 aliphatic rings. The highest BCUT2D eigenvalue weighted by Crippen LogP contribution is 2.28. The summed E-state index contributed by atoms with van der Waals surface area (Å²) in [5, 5.41) is 2.85. The van der Waals surface area contributed by atoms with Gasteiger partial charge < -0.3 is 14.5 Å². The standard InChI is InChI=1S/C27H28N2O3/c1-4-18(3)21-10-15-25-24(16-21)29-27(32-25)20-8-11-22(12-9-20)28-26(30)17-31-23-13-6-19(5-2)7-14-23/h6-16,18H,4-5,17H2,1-3H3,(H,28,30)/t18-/m0/s1. The van der Waals surface area contributed by atoms with Gasteiger partial charge >= 0.3 is 0 Å². The lowest BCUT2D eigenvalue weighted by molar-refractivity contribution is -0.118. The summed E-state index contributed by atoms with van der Waals surface area (Å²) in [5.74, 6) is 1.53. The minimum atomic E-state index is -0.211. The Labute approximate surface area is 188 Å². The van der Waals surface area contributed by atoms with E-state index in [0.29, 0.717) is 23.2 Å². The Morgan fingerprint density at radius 1 is 1.03 bits per heavy atom. The summed E-state index contributed by atoms with van der Waals surface area (Å²) in [6, 6.07) is 21.4. The smallest absolute Gasteiger partial charge is 0.262 e. The summed E-state index contributed by atoms with van der Waals surface area (Å²) in [7, 11) is 0. The summed E-state index contributed by atoms with van der Waals surface area (Å²) in [6.07, 6.45) is 2.05. The number of hydrogen-bond donors (Lipinski definition) is 1. The quantitative estimate of drug-likeness (QED) is 0.344. The van der Waals surface area contributed by atoms with Crippen LogP contribution in [0.3, 0.4) is 0 Å². The molecule has 1 atom stereocenters. The van der Waals surface area contributed by atoms with E-state index >= 15 is 0 Å². The number of nitrogens with zero attached hydrogens (tertiary/aromatic N) is 1. The molecule has 0 saturated heterocycles. The Morgan fingerprint density at radius 3 is 2.47 bits per heavy atom. The van der Waals surface area contributed by atoms with E-state index in [1.807, 2.05) is 54.6 Å². The van der Waals surface area contributed by atoms with Crippen LogP contribution in [0, 0.1) is 0 Å². The van der Waals surface area contributed by atoms with Crippen molar-refractivity contribution in [2.75, 3.05) is 11.9 Å². The van der Waals surface area contributed by atoms with E-state index in [0.717, 1.165) is 29.5 Å². The van der Waals surface area contributed by atoms with Gasteiger partial charge in [0.1, 0.15) is 11.3 Å². The fourth-order valence-electron chi connectivity index (χ4n) is 3.47. The van der Waals surface area contributed by atoms with Crippen LogP contribution >= 0.6 is 0 Å². The predicted octanol–water partition coefficient (Wildman–Crippen LogP) is 6.59. The molecule has 1 N–H and O–H groups in total. The van der Waals surface area contributed by atoms with E-state index in [1.165, 1.54) is 11.1 Å². The molecular weight excluding hydrogens is 400 g/mol. The van der Waals surface area contributed by atoms with Crippen molar-refractivity contribution in [1.82, 2.24) is 4.98 Å². The summed E-state index contributed by atoms with van der Waals surface area (Å²) < 4.78 is 11.5. The second-order valence-corrected chi connectivity index (χ2v) is 7.97. The Balaban J connectivity index is 1.38. The van der Waals surface area contributed by atoms with E-state index in [-0.39, 0.29) is 12.5 Å². The number of amides is 1. The van der Waals surface area contributed by atoms with Gasteiger partial charge in [-0.1, -0.05) is 39.0 Å². The molecule has 1 amide bonds. The van der Waals surface area contributed by atoms with E-state index in [1.54, 1.807) is 0 Å². The zero-order valence-corrected chi connectivity index (χ0v) is 18.7. The number of rotatable bonds is 8. The molecular formula is C27H28N2O3. The maximum atomic E-state index is 12.2. The number of ether oxygens (including phenoxy) is 1. The fraction of sp³-hybridized carbons (Fsp3) is 0.259. The normalized spacial score (nSPS) is 12.0. The first-order valence-electron chi connectivity index (χ1n) is 11.1. The lowest BCUT2D eigenvalue weighted by atomic mass is 9.98. The molecule has 0 saturated carbocycles. The Bertz CT molecular complexity index is 1190. The molecule has 0 aliphatic carbocycles. The van der Waals surface area contributed by atoms with Gasteiger partial charge in [0.25, 0.3) is 5.91 Å². The zero-order chi connectivity index (χ0) is 22.5. The largest absolute Gasteiger partial charge is 0.484 e. The van der Waals surface area contributed by atoms with Gasteiger partial charge in [0.05, 0.1) is 0 Å². The molecule has 0 spiro atoms. The van der Waals surface area contributed by atoms with Gasteiger partial charge in [0.2, 0.25) is 5.89 Å². The number of fused-ring (bicyclic) bond motifs is 1. The van der Waals surface area contributed by atoms with Gasteiger partial charge in [0.15, 0.2) is 12.2 Å². The number of carbonyl (C=O) groups excluding carboxylic acids is 1. The minimum Gasteiger partial charge on any atom is -0.484 e. The van der Waals surface area contributed by atoms with Crippen LogP contribution in [0.5, 0.6) is 5.75 Å². The van der Waals surface area contributed by atoms with E-state index in [4.69, 9.17) is 9.15 Å². The average molecular weight is 429 g/mol. The van der Waals surface area contributed by atoms with Crippen LogP contribution < -0.4 is 10.1 Å². The number of oxazole rings is 1. The van der Waals surface area contributed by atoms with Crippen LogP contribution in [-0.4, -0.2) is 17.5 Å². The number of carbonyl (C=O) groups is 1. The summed E-state index contributed by atoms with van der Waals surface area (Å²) in [6.45, 7) is 6.45.